The van der Waals surface area contributed by atoms with Crippen molar-refractivity contribution < 1.29 is 4.39 Å². The highest BCUT2D eigenvalue weighted by molar-refractivity contribution is 7.22. The molecular formula is C24H25FN4S. The molecule has 30 heavy (non-hydrogen) atoms. The average molecular weight is 421 g/mol. The summed E-state index contributed by atoms with van der Waals surface area (Å²) in [7, 11) is 0. The Hall–Kier alpha value is -2.60. The fourth-order valence-corrected chi connectivity index (χ4v) is 5.74. The number of nitrogens with one attached hydrogen (secondary N) is 1. The van der Waals surface area contributed by atoms with Gasteiger partial charge in [-0.1, -0.05) is 11.3 Å². The predicted molar refractivity (Wildman–Crippen MR) is 122 cm³/mol. The average Bonchev–Trinajstić information content (AvgIpc) is 3.16. The second-order valence-electron chi connectivity index (χ2n) is 8.40. The fraction of sp³-hybridized carbons (Fsp3) is 0.375. The molecule has 0 amide bonds. The smallest absolute Gasteiger partial charge is 0.185 e. The number of aromatic nitrogens is 3. The lowest BCUT2D eigenvalue weighted by atomic mass is 9.76. The highest BCUT2D eigenvalue weighted by Crippen LogP contribution is 2.40. The summed E-state index contributed by atoms with van der Waals surface area (Å²) in [6.45, 7) is 2.24. The van der Waals surface area contributed by atoms with Gasteiger partial charge in [-0.2, -0.15) is 0 Å². The van der Waals surface area contributed by atoms with Gasteiger partial charge in [0.15, 0.2) is 10.8 Å². The summed E-state index contributed by atoms with van der Waals surface area (Å²) in [5.74, 6) is 1.02. The third-order valence-corrected chi connectivity index (χ3v) is 7.19. The number of benzene rings is 1. The van der Waals surface area contributed by atoms with Crippen LogP contribution in [0.4, 0.5) is 9.52 Å². The van der Waals surface area contributed by atoms with E-state index in [2.05, 4.69) is 39.3 Å². The van der Waals surface area contributed by atoms with Crippen molar-refractivity contribution in [1.82, 2.24) is 15.0 Å². The van der Waals surface area contributed by atoms with Crippen LogP contribution in [-0.2, 0) is 0 Å². The molecule has 4 nitrogen and oxygen atoms in total. The van der Waals surface area contributed by atoms with Gasteiger partial charge >= 0.3 is 0 Å². The number of halogens is 1. The van der Waals surface area contributed by atoms with Gasteiger partial charge in [0.05, 0.1) is 10.2 Å². The van der Waals surface area contributed by atoms with Crippen LogP contribution in [0.3, 0.4) is 0 Å². The molecule has 1 saturated carbocycles. The van der Waals surface area contributed by atoms with Crippen molar-refractivity contribution in [1.29, 1.82) is 0 Å². The van der Waals surface area contributed by atoms with Gasteiger partial charge in [0.2, 0.25) is 0 Å². The van der Waals surface area contributed by atoms with Crippen molar-refractivity contribution in [3.63, 3.8) is 0 Å². The molecule has 5 rings (SSSR count). The quantitative estimate of drug-likeness (QED) is 0.398. The summed E-state index contributed by atoms with van der Waals surface area (Å²) >= 11 is 1.67. The molecule has 4 aromatic rings. The van der Waals surface area contributed by atoms with Gasteiger partial charge in [-0.25, -0.2) is 14.4 Å². The van der Waals surface area contributed by atoms with Crippen LogP contribution >= 0.6 is 11.3 Å². The molecule has 1 atom stereocenters. The van der Waals surface area contributed by atoms with Crippen molar-refractivity contribution in [2.45, 2.75) is 51.0 Å². The fourth-order valence-electron chi connectivity index (χ4n) is 4.81. The van der Waals surface area contributed by atoms with E-state index in [0.29, 0.717) is 17.9 Å². The highest BCUT2D eigenvalue weighted by atomic mass is 32.1. The number of thiazole rings is 1. The summed E-state index contributed by atoms with van der Waals surface area (Å²) in [5, 5.41) is 5.50. The lowest BCUT2D eigenvalue weighted by Crippen LogP contribution is -2.22. The van der Waals surface area contributed by atoms with Gasteiger partial charge < -0.3 is 5.32 Å². The van der Waals surface area contributed by atoms with Crippen molar-refractivity contribution in [3.8, 4) is 0 Å². The Kier molecular flexibility index (Phi) is 5.34. The van der Waals surface area contributed by atoms with E-state index in [4.69, 9.17) is 0 Å². The zero-order valence-corrected chi connectivity index (χ0v) is 17.8. The second kappa shape index (κ2) is 8.26. The monoisotopic (exact) mass is 420 g/mol. The highest BCUT2D eigenvalue weighted by Gasteiger charge is 2.25. The summed E-state index contributed by atoms with van der Waals surface area (Å²) in [5.41, 5.74) is 2.96. The van der Waals surface area contributed by atoms with Crippen LogP contribution in [0.15, 0.2) is 48.8 Å². The van der Waals surface area contributed by atoms with E-state index in [1.807, 2.05) is 12.3 Å². The first-order chi connectivity index (χ1) is 14.7. The lowest BCUT2D eigenvalue weighted by Gasteiger charge is -2.31. The SMILES string of the molecule is CC(CC1CCC(c2ccnc3ccc(F)cc23)CC1)Nc1nc2ncccc2s1. The minimum absolute atomic E-state index is 0.185. The number of rotatable bonds is 5. The molecule has 0 bridgehead atoms. The Balaban J connectivity index is 1.20. The molecular weight excluding hydrogens is 395 g/mol. The molecule has 1 fully saturated rings. The third kappa shape index (κ3) is 4.01. The number of fused-ring (bicyclic) bond motifs is 2. The zero-order valence-electron chi connectivity index (χ0n) is 17.0. The molecule has 154 valence electrons. The number of pyridine rings is 2. The van der Waals surface area contributed by atoms with Gasteiger partial charge in [0.1, 0.15) is 5.82 Å². The van der Waals surface area contributed by atoms with E-state index >= 15 is 0 Å². The van der Waals surface area contributed by atoms with E-state index in [1.54, 1.807) is 29.7 Å². The van der Waals surface area contributed by atoms with E-state index in [9.17, 15) is 4.39 Å². The van der Waals surface area contributed by atoms with Crippen LogP contribution < -0.4 is 5.32 Å². The zero-order chi connectivity index (χ0) is 20.5. The lowest BCUT2D eigenvalue weighted by molar-refractivity contribution is 0.302. The van der Waals surface area contributed by atoms with Gasteiger partial charge in [0.25, 0.3) is 0 Å². The van der Waals surface area contributed by atoms with Crippen LogP contribution in [-0.4, -0.2) is 21.0 Å². The standard InChI is InChI=1S/C24H25FN4S/c1-15(28-24-29-23-22(30-24)3-2-11-27-23)13-16-4-6-17(7-5-16)19-10-12-26-21-9-8-18(25)14-20(19)21/h2-3,8-12,14-17H,4-7,13H2,1H3,(H,27,28,29). The van der Waals surface area contributed by atoms with Crippen LogP contribution in [0, 0.1) is 11.7 Å². The predicted octanol–water partition coefficient (Wildman–Crippen LogP) is 6.54. The number of anilines is 1. The van der Waals surface area contributed by atoms with Crippen LogP contribution in [0.1, 0.15) is 50.5 Å². The van der Waals surface area contributed by atoms with Gasteiger partial charge in [-0.05, 0) is 92.8 Å². The Bertz CT molecular complexity index is 1130. The molecule has 0 aliphatic heterocycles. The maximum absolute atomic E-state index is 13.8. The van der Waals surface area contributed by atoms with E-state index in [1.165, 1.54) is 24.5 Å². The number of nitrogens with zero attached hydrogens (tertiary/aromatic N) is 3. The third-order valence-electron chi connectivity index (χ3n) is 6.25. The Morgan fingerprint density at radius 1 is 1.10 bits per heavy atom. The molecule has 3 heterocycles. The minimum Gasteiger partial charge on any atom is -0.359 e. The summed E-state index contributed by atoms with van der Waals surface area (Å²) < 4.78 is 14.9. The largest absolute Gasteiger partial charge is 0.359 e. The van der Waals surface area contributed by atoms with E-state index in [0.717, 1.165) is 45.6 Å². The second-order valence-corrected chi connectivity index (χ2v) is 9.44. The summed E-state index contributed by atoms with van der Waals surface area (Å²) in [6.07, 6.45) is 9.50. The van der Waals surface area contributed by atoms with Crippen molar-refractivity contribution in [2.24, 2.45) is 5.92 Å². The van der Waals surface area contributed by atoms with E-state index in [-0.39, 0.29) is 5.82 Å². The number of hydrogen-bond acceptors (Lipinski definition) is 5. The molecule has 1 aliphatic rings. The van der Waals surface area contributed by atoms with Crippen molar-refractivity contribution in [2.75, 3.05) is 5.32 Å². The Morgan fingerprint density at radius 3 is 2.80 bits per heavy atom. The first-order valence-corrected chi connectivity index (χ1v) is 11.5. The minimum atomic E-state index is -0.185. The molecule has 0 radical (unpaired) electrons. The van der Waals surface area contributed by atoms with Gasteiger partial charge in [0, 0.05) is 23.8 Å². The molecule has 0 spiro atoms. The maximum atomic E-state index is 13.8. The molecule has 6 heteroatoms. The van der Waals surface area contributed by atoms with Gasteiger partial charge in [-0.3, -0.25) is 4.98 Å². The van der Waals surface area contributed by atoms with Gasteiger partial charge in [-0.15, -0.1) is 0 Å². The van der Waals surface area contributed by atoms with Crippen molar-refractivity contribution >= 4 is 37.7 Å². The summed E-state index contributed by atoms with van der Waals surface area (Å²) in [4.78, 5) is 13.3. The van der Waals surface area contributed by atoms with E-state index < -0.39 is 0 Å². The topological polar surface area (TPSA) is 50.7 Å². The summed E-state index contributed by atoms with van der Waals surface area (Å²) in [6, 6.07) is 11.4. The molecule has 3 aromatic heterocycles. The van der Waals surface area contributed by atoms with Crippen LogP contribution in [0.2, 0.25) is 0 Å². The van der Waals surface area contributed by atoms with Crippen LogP contribution in [0.25, 0.3) is 21.3 Å². The Morgan fingerprint density at radius 2 is 1.97 bits per heavy atom. The Labute approximate surface area is 179 Å². The normalized spacial score (nSPS) is 20.5. The molecule has 1 aliphatic carbocycles. The first kappa shape index (κ1) is 19.4. The molecule has 1 aromatic carbocycles. The molecule has 0 saturated heterocycles. The molecule has 1 N–H and O–H groups in total. The van der Waals surface area contributed by atoms with Crippen LogP contribution in [0.5, 0.6) is 0 Å². The maximum Gasteiger partial charge on any atom is 0.185 e. The molecule has 1 unspecified atom stereocenters. The van der Waals surface area contributed by atoms with Crippen molar-refractivity contribution in [3.05, 3.63) is 60.2 Å². The number of hydrogen-bond donors (Lipinski definition) is 1. The first-order valence-electron chi connectivity index (χ1n) is 10.7.